The number of benzene rings is 2. The number of likely N-dealkylation sites (tertiary alicyclic amines) is 1. The van der Waals surface area contributed by atoms with Crippen molar-refractivity contribution in [2.45, 2.75) is 38.5 Å². The third kappa shape index (κ3) is 6.19. The van der Waals surface area contributed by atoms with Crippen LogP contribution in [0.5, 0.6) is 11.5 Å². The number of fused-ring (bicyclic) bond motifs is 1. The third-order valence-corrected chi connectivity index (χ3v) is 7.50. The highest BCUT2D eigenvalue weighted by atomic mass is 19.2. The lowest BCUT2D eigenvalue weighted by Gasteiger charge is -2.41. The Bertz CT molecular complexity index is 1250. The number of ether oxygens (including phenoxy) is 2. The van der Waals surface area contributed by atoms with Crippen molar-refractivity contribution < 1.29 is 37.2 Å². The number of pyridine rings is 1. The van der Waals surface area contributed by atoms with Crippen molar-refractivity contribution >= 4 is 10.9 Å². The van der Waals surface area contributed by atoms with E-state index in [1.54, 1.807) is 18.2 Å². The smallest absolute Gasteiger partial charge is 0.200 e. The number of piperidine rings is 1. The van der Waals surface area contributed by atoms with Crippen LogP contribution in [0.4, 0.5) is 17.6 Å². The Balaban J connectivity index is 1.35. The molecule has 0 bridgehead atoms. The molecule has 2 aromatic carbocycles. The zero-order chi connectivity index (χ0) is 27.3. The third-order valence-electron chi connectivity index (χ3n) is 7.50. The lowest BCUT2D eigenvalue weighted by molar-refractivity contribution is 0.0202. The molecule has 6 nitrogen and oxygen atoms in total. The molecule has 1 fully saturated rings. The molecule has 1 saturated heterocycles. The topological polar surface area (TPSA) is 75.0 Å². The van der Waals surface area contributed by atoms with Gasteiger partial charge in [0.25, 0.3) is 0 Å². The van der Waals surface area contributed by atoms with Crippen LogP contribution in [0.1, 0.15) is 42.9 Å². The number of aliphatic hydroxyl groups excluding tert-OH is 2. The van der Waals surface area contributed by atoms with E-state index in [9.17, 15) is 27.8 Å². The summed E-state index contributed by atoms with van der Waals surface area (Å²) >= 11 is 0. The van der Waals surface area contributed by atoms with E-state index in [0.29, 0.717) is 79.2 Å². The zero-order valence-electron chi connectivity index (χ0n) is 21.2. The average Bonchev–Trinajstić information content (AvgIpc) is 2.94. The van der Waals surface area contributed by atoms with Gasteiger partial charge in [-0.25, -0.2) is 13.2 Å². The number of aromatic nitrogens is 1. The van der Waals surface area contributed by atoms with Gasteiger partial charge in [-0.2, -0.15) is 4.39 Å². The lowest BCUT2D eigenvalue weighted by atomic mass is 9.74. The molecule has 4 rings (SSSR count). The van der Waals surface area contributed by atoms with Crippen molar-refractivity contribution in [3.05, 3.63) is 65.1 Å². The van der Waals surface area contributed by atoms with Crippen LogP contribution in [0.15, 0.2) is 36.5 Å². The second-order valence-electron chi connectivity index (χ2n) is 9.82. The molecule has 1 aliphatic rings. The highest BCUT2D eigenvalue weighted by molar-refractivity contribution is 5.85. The molecule has 0 aliphatic carbocycles. The minimum atomic E-state index is -1.30. The predicted octanol–water partition coefficient (Wildman–Crippen LogP) is 5.10. The highest BCUT2D eigenvalue weighted by Gasteiger charge is 2.35. The summed E-state index contributed by atoms with van der Waals surface area (Å²) in [5, 5.41) is 22.0. The first-order valence-electron chi connectivity index (χ1n) is 12.6. The first-order chi connectivity index (χ1) is 18.3. The largest absolute Gasteiger partial charge is 0.497 e. The Hall–Kier alpha value is -2.95. The van der Waals surface area contributed by atoms with Gasteiger partial charge in [0, 0.05) is 42.4 Å². The van der Waals surface area contributed by atoms with E-state index in [0.717, 1.165) is 6.07 Å². The summed E-state index contributed by atoms with van der Waals surface area (Å²) in [4.78, 5) is 6.37. The van der Waals surface area contributed by atoms with Gasteiger partial charge in [0.15, 0.2) is 11.6 Å². The van der Waals surface area contributed by atoms with Gasteiger partial charge >= 0.3 is 0 Å². The minimum Gasteiger partial charge on any atom is -0.497 e. The van der Waals surface area contributed by atoms with Crippen molar-refractivity contribution in [2.24, 2.45) is 5.41 Å². The van der Waals surface area contributed by atoms with E-state index in [1.807, 2.05) is 0 Å². The van der Waals surface area contributed by atoms with E-state index in [-0.39, 0.29) is 13.2 Å². The van der Waals surface area contributed by atoms with Crippen molar-refractivity contribution in [1.82, 2.24) is 9.88 Å². The molecule has 2 heterocycles. The summed E-state index contributed by atoms with van der Waals surface area (Å²) in [6.07, 6.45) is 2.66. The Morgan fingerprint density at radius 2 is 1.89 bits per heavy atom. The number of nitrogens with zero attached hydrogens (tertiary/aromatic N) is 2. The molecule has 1 aliphatic heterocycles. The summed E-state index contributed by atoms with van der Waals surface area (Å²) < 4.78 is 64.8. The second kappa shape index (κ2) is 12.3. The van der Waals surface area contributed by atoms with E-state index in [4.69, 9.17) is 9.47 Å². The van der Waals surface area contributed by atoms with Crippen molar-refractivity contribution in [3.63, 3.8) is 0 Å². The fourth-order valence-electron chi connectivity index (χ4n) is 5.11. The summed E-state index contributed by atoms with van der Waals surface area (Å²) in [7, 11) is 1.53. The molecule has 0 spiro atoms. The standard InChI is InChI=1S/C28H32F4N2O4/c1-37-20-2-3-23-21(14-20)26(18(15-29)16-33-23)24(36)4-5-28(17-35)6-8-34(9-7-28)10-11-38-25-13-19(30)12-22(31)27(25)32/h2-3,12-14,16,24,35-36H,4-11,15,17H2,1H3/t24-/m1/s1. The monoisotopic (exact) mass is 536 g/mol. The summed E-state index contributed by atoms with van der Waals surface area (Å²) in [6.45, 7) is 0.914. The van der Waals surface area contributed by atoms with Crippen LogP contribution in [-0.4, -0.2) is 60.1 Å². The maximum absolute atomic E-state index is 13.8. The molecule has 2 N–H and O–H groups in total. The lowest BCUT2D eigenvalue weighted by Crippen LogP contribution is -2.43. The highest BCUT2D eigenvalue weighted by Crippen LogP contribution is 2.40. The van der Waals surface area contributed by atoms with Crippen LogP contribution < -0.4 is 9.47 Å². The molecular weight excluding hydrogens is 504 g/mol. The maximum atomic E-state index is 13.8. The van der Waals surface area contributed by atoms with E-state index in [2.05, 4.69) is 9.88 Å². The Morgan fingerprint density at radius 1 is 1.13 bits per heavy atom. The minimum absolute atomic E-state index is 0.0508. The fourth-order valence-corrected chi connectivity index (χ4v) is 5.11. The Kier molecular flexibility index (Phi) is 9.07. The molecule has 0 unspecified atom stereocenters. The van der Waals surface area contributed by atoms with Gasteiger partial charge in [-0.05, 0) is 68.0 Å². The number of methoxy groups -OCH3 is 1. The van der Waals surface area contributed by atoms with Gasteiger partial charge in [0.1, 0.15) is 24.8 Å². The van der Waals surface area contributed by atoms with Gasteiger partial charge in [-0.1, -0.05) is 0 Å². The quantitative estimate of drug-likeness (QED) is 0.263. The van der Waals surface area contributed by atoms with Crippen molar-refractivity contribution in [2.75, 3.05) is 40.0 Å². The molecule has 3 aromatic rings. The van der Waals surface area contributed by atoms with Crippen LogP contribution in [0.25, 0.3) is 10.9 Å². The molecular formula is C28H32F4N2O4. The molecule has 38 heavy (non-hydrogen) atoms. The molecule has 0 radical (unpaired) electrons. The van der Waals surface area contributed by atoms with Crippen LogP contribution in [-0.2, 0) is 6.67 Å². The molecule has 1 aromatic heterocycles. The fraction of sp³-hybridized carbons (Fsp3) is 0.464. The molecule has 0 saturated carbocycles. The van der Waals surface area contributed by atoms with Crippen LogP contribution >= 0.6 is 0 Å². The first-order valence-corrected chi connectivity index (χ1v) is 12.6. The molecule has 10 heteroatoms. The molecule has 0 amide bonds. The molecule has 1 atom stereocenters. The van der Waals surface area contributed by atoms with Gasteiger partial charge in [0.2, 0.25) is 5.82 Å². The van der Waals surface area contributed by atoms with Gasteiger partial charge in [-0.3, -0.25) is 9.88 Å². The first kappa shape index (κ1) is 28.1. The average molecular weight is 537 g/mol. The van der Waals surface area contributed by atoms with E-state index >= 15 is 0 Å². The summed E-state index contributed by atoms with van der Waals surface area (Å²) in [5.41, 5.74) is 1.03. The van der Waals surface area contributed by atoms with Gasteiger partial charge < -0.3 is 19.7 Å². The second-order valence-corrected chi connectivity index (χ2v) is 9.82. The maximum Gasteiger partial charge on any atom is 0.200 e. The number of hydrogen-bond acceptors (Lipinski definition) is 6. The normalized spacial score (nSPS) is 16.5. The Labute approximate surface area is 218 Å². The van der Waals surface area contributed by atoms with Crippen molar-refractivity contribution in [1.29, 1.82) is 0 Å². The van der Waals surface area contributed by atoms with Crippen molar-refractivity contribution in [3.8, 4) is 11.5 Å². The summed E-state index contributed by atoms with van der Waals surface area (Å²) in [5.74, 6) is -3.32. The SMILES string of the molecule is COc1ccc2ncc(CF)c([C@H](O)CCC3(CO)CCN(CCOc4cc(F)cc(F)c4F)CC3)c2c1. The number of halogens is 4. The van der Waals surface area contributed by atoms with Gasteiger partial charge in [0.05, 0.1) is 18.7 Å². The van der Waals surface area contributed by atoms with E-state index in [1.165, 1.54) is 13.3 Å². The number of aliphatic hydroxyl groups is 2. The zero-order valence-corrected chi connectivity index (χ0v) is 21.2. The summed E-state index contributed by atoms with van der Waals surface area (Å²) in [6, 6.07) is 6.54. The van der Waals surface area contributed by atoms with Gasteiger partial charge in [-0.15, -0.1) is 0 Å². The number of alkyl halides is 1. The van der Waals surface area contributed by atoms with Crippen LogP contribution in [0.2, 0.25) is 0 Å². The number of hydrogen-bond donors (Lipinski definition) is 2. The van der Waals surface area contributed by atoms with Crippen LogP contribution in [0, 0.1) is 22.9 Å². The number of rotatable bonds is 11. The Morgan fingerprint density at radius 3 is 2.58 bits per heavy atom. The van der Waals surface area contributed by atoms with Crippen LogP contribution in [0.3, 0.4) is 0 Å². The molecule has 206 valence electrons. The van der Waals surface area contributed by atoms with E-state index < -0.39 is 41.4 Å². The predicted molar refractivity (Wildman–Crippen MR) is 134 cm³/mol.